The third-order valence-electron chi connectivity index (χ3n) is 9.58. The van der Waals surface area contributed by atoms with E-state index in [2.05, 4.69) is 65.4 Å². The summed E-state index contributed by atoms with van der Waals surface area (Å²) in [5, 5.41) is 9.75. The molecule has 348 valence electrons. The third kappa shape index (κ3) is 36.7. The largest absolute Gasteiger partial charge is 0.472 e. The van der Waals surface area contributed by atoms with Crippen molar-refractivity contribution in [3.63, 3.8) is 0 Å². The molecule has 60 heavy (non-hydrogen) atoms. The van der Waals surface area contributed by atoms with Crippen molar-refractivity contribution in [2.75, 3.05) is 26.4 Å². The molecule has 5 atom stereocenters. The predicted octanol–water partition coefficient (Wildman–Crippen LogP) is 10.4. The van der Waals surface area contributed by atoms with Gasteiger partial charge in [0.15, 0.2) is 6.10 Å². The molecule has 1 rings (SSSR count). The van der Waals surface area contributed by atoms with E-state index < -0.39 is 66.2 Å². The Kier molecular flexibility index (Phi) is 34.1. The molecule has 1 aliphatic heterocycles. The number of aliphatic hydroxyl groups excluding tert-OH is 1. The van der Waals surface area contributed by atoms with E-state index in [1.54, 1.807) is 0 Å². The van der Waals surface area contributed by atoms with Crippen molar-refractivity contribution in [3.8, 4) is 0 Å². The van der Waals surface area contributed by atoms with Gasteiger partial charge in [0.25, 0.3) is 0 Å². The number of allylic oxidation sites excluding steroid dienone is 6. The van der Waals surface area contributed by atoms with E-state index in [4.69, 9.17) is 28.5 Å². The zero-order valence-electron chi connectivity index (χ0n) is 36.5. The van der Waals surface area contributed by atoms with Crippen LogP contribution in [0, 0.1) is 0 Å². The summed E-state index contributed by atoms with van der Waals surface area (Å²) in [5.74, 6) is -1.11. The van der Waals surface area contributed by atoms with Crippen molar-refractivity contribution in [2.45, 2.75) is 192 Å². The Balaban J connectivity index is 2.40. The maximum Gasteiger partial charge on any atom is 0.472 e. The number of hydrogen-bond donors (Lipinski definition) is 4. The van der Waals surface area contributed by atoms with Gasteiger partial charge in [0, 0.05) is 12.8 Å². The average Bonchev–Trinajstić information content (AvgIpc) is 3.96. The monoisotopic (exact) mass is 892 g/mol. The third-order valence-corrected chi connectivity index (χ3v) is 11.0. The van der Waals surface area contributed by atoms with Gasteiger partial charge in [-0.2, -0.15) is 0 Å². The van der Waals surface area contributed by atoms with Crippen molar-refractivity contribution in [2.24, 2.45) is 0 Å². The second-order valence-electron chi connectivity index (χ2n) is 15.4. The van der Waals surface area contributed by atoms with E-state index in [-0.39, 0.29) is 25.0 Å². The minimum Gasteiger partial charge on any atom is -0.462 e. The van der Waals surface area contributed by atoms with E-state index in [9.17, 15) is 28.7 Å². The van der Waals surface area contributed by atoms with Crippen molar-refractivity contribution in [3.05, 3.63) is 48.6 Å². The molecule has 0 amide bonds. The molecule has 1 heterocycles. The molecule has 0 aromatic carbocycles. The van der Waals surface area contributed by atoms with Crippen molar-refractivity contribution >= 4 is 27.6 Å². The lowest BCUT2D eigenvalue weighted by atomic mass is 10.1. The summed E-state index contributed by atoms with van der Waals surface area (Å²) in [4.78, 5) is 52.8. The second kappa shape index (κ2) is 36.5. The van der Waals surface area contributed by atoms with E-state index in [0.717, 1.165) is 64.2 Å². The van der Waals surface area contributed by atoms with Crippen LogP contribution in [0.2, 0.25) is 0 Å². The molecule has 0 radical (unpaired) electrons. The number of esters is 2. The molecule has 0 aromatic rings. The van der Waals surface area contributed by atoms with Gasteiger partial charge < -0.3 is 34.0 Å². The van der Waals surface area contributed by atoms with Crippen LogP contribution in [0.4, 0.5) is 0 Å². The van der Waals surface area contributed by atoms with Crippen LogP contribution >= 0.6 is 15.6 Å². The minimum atomic E-state index is -4.87. The van der Waals surface area contributed by atoms with E-state index in [1.807, 2.05) is 6.08 Å². The van der Waals surface area contributed by atoms with Crippen LogP contribution in [-0.4, -0.2) is 82.6 Å². The van der Waals surface area contributed by atoms with E-state index >= 15 is 0 Å². The van der Waals surface area contributed by atoms with Crippen LogP contribution in [0.25, 0.3) is 0 Å². The molecule has 1 saturated heterocycles. The topological polar surface area (TPSA) is 208 Å². The van der Waals surface area contributed by atoms with Crippen LogP contribution in [-0.2, 0) is 46.5 Å². The normalized spacial score (nSPS) is 17.8. The second-order valence-corrected chi connectivity index (χ2v) is 18.0. The Morgan fingerprint density at radius 2 is 1.03 bits per heavy atom. The lowest BCUT2D eigenvalue weighted by Gasteiger charge is -2.20. The average molecular weight is 893 g/mol. The predicted molar refractivity (Wildman–Crippen MR) is 234 cm³/mol. The van der Waals surface area contributed by atoms with Crippen LogP contribution in [0.1, 0.15) is 168 Å². The molecular formula is C44H78O14P2. The summed E-state index contributed by atoms with van der Waals surface area (Å²) >= 11 is 0. The molecule has 0 saturated carbocycles. The van der Waals surface area contributed by atoms with Gasteiger partial charge in [-0.3, -0.25) is 23.2 Å². The summed E-state index contributed by atoms with van der Waals surface area (Å²) < 4.78 is 53.5. The van der Waals surface area contributed by atoms with Gasteiger partial charge in [0.2, 0.25) is 0 Å². The first-order chi connectivity index (χ1) is 28.8. The molecule has 1 aliphatic rings. The van der Waals surface area contributed by atoms with Gasteiger partial charge in [-0.05, 0) is 77.0 Å². The summed E-state index contributed by atoms with van der Waals surface area (Å²) in [6.07, 6.45) is 38.4. The zero-order chi connectivity index (χ0) is 44.2. The van der Waals surface area contributed by atoms with Gasteiger partial charge in [-0.15, -0.1) is 0 Å². The van der Waals surface area contributed by atoms with Gasteiger partial charge in [-0.25, -0.2) is 9.13 Å². The smallest absolute Gasteiger partial charge is 0.462 e. The number of carbonyl (C=O) groups is 2. The van der Waals surface area contributed by atoms with E-state index in [0.29, 0.717) is 19.3 Å². The molecule has 0 aromatic heterocycles. The number of carbonyl (C=O) groups excluding carboxylic acids is 2. The first-order valence-corrected chi connectivity index (χ1v) is 25.5. The highest BCUT2D eigenvalue weighted by atomic mass is 31.2. The number of rotatable bonds is 41. The molecule has 16 heteroatoms. The Bertz CT molecular complexity index is 1310. The fraction of sp³-hybridized carbons (Fsp3) is 0.773. The van der Waals surface area contributed by atoms with E-state index in [1.165, 1.54) is 57.8 Å². The van der Waals surface area contributed by atoms with Crippen LogP contribution in [0.5, 0.6) is 0 Å². The number of unbranched alkanes of at least 4 members (excludes halogenated alkanes) is 15. The zero-order valence-corrected chi connectivity index (χ0v) is 38.3. The van der Waals surface area contributed by atoms with Crippen LogP contribution in [0.3, 0.4) is 0 Å². The summed E-state index contributed by atoms with van der Waals surface area (Å²) in [6, 6.07) is 0. The number of hydrogen-bond acceptors (Lipinski definition) is 11. The van der Waals surface area contributed by atoms with Gasteiger partial charge in [-0.1, -0.05) is 127 Å². The summed E-state index contributed by atoms with van der Waals surface area (Å²) in [5.41, 5.74) is 0. The Morgan fingerprint density at radius 1 is 0.567 bits per heavy atom. The molecule has 1 fully saturated rings. The van der Waals surface area contributed by atoms with Crippen LogP contribution in [0.15, 0.2) is 48.6 Å². The van der Waals surface area contributed by atoms with Gasteiger partial charge in [0.1, 0.15) is 12.7 Å². The number of phosphoric ester groups is 2. The highest BCUT2D eigenvalue weighted by Crippen LogP contribution is 2.44. The number of aliphatic hydroxyl groups is 1. The molecule has 14 nitrogen and oxygen atoms in total. The quantitative estimate of drug-likeness (QED) is 0.0148. The highest BCUT2D eigenvalue weighted by molar-refractivity contribution is 7.47. The van der Waals surface area contributed by atoms with Crippen molar-refractivity contribution < 1.29 is 66.3 Å². The minimum absolute atomic E-state index is 0.109. The molecule has 3 unspecified atom stereocenters. The summed E-state index contributed by atoms with van der Waals surface area (Å²) in [7, 11) is -9.70. The maximum absolute atomic E-state index is 12.7. The number of phosphoric acid groups is 2. The van der Waals surface area contributed by atoms with Crippen molar-refractivity contribution in [1.82, 2.24) is 0 Å². The molecule has 0 aliphatic carbocycles. The number of ether oxygens (including phenoxy) is 3. The Hall–Kier alpha value is -1.96. The molecule has 0 spiro atoms. The van der Waals surface area contributed by atoms with Gasteiger partial charge >= 0.3 is 27.6 Å². The number of epoxide rings is 1. The first kappa shape index (κ1) is 56.1. The molecule has 4 N–H and O–H groups in total. The SMILES string of the molecule is CCCCC/C=C\C/C=C\CC1OC1C/C=C\CCCC(=O)OC[C@H](COP(=O)(O)OC[C@@H](O)COP(=O)(O)O)OC(=O)CCCCCCCCC/C=C\CCCCCC. The standard InChI is InChI=1S/C44H78O14P2/c1-3-5-7-9-11-13-14-15-16-17-18-20-22-24-30-34-44(47)57-40(38-56-60(51,52)55-36-39(45)35-54-59(48,49)50)37-53-43(46)33-29-26-25-28-32-42-41(58-42)31-27-23-21-19-12-10-8-6-4-2/h12-14,19,23,25,27-28,39-42,45H,3-11,15-18,20-22,24,26,29-38H2,1-2H3,(H,51,52)(H2,48,49,50)/b14-13-,19-12-,27-23-,28-25-/t39-,40+,41?,42?/m0/s1. The Labute approximate surface area is 360 Å². The fourth-order valence-corrected chi connectivity index (χ4v) is 7.18. The maximum atomic E-state index is 12.7. The fourth-order valence-electron chi connectivity index (χ4n) is 6.02. The lowest BCUT2D eigenvalue weighted by molar-refractivity contribution is -0.161. The highest BCUT2D eigenvalue weighted by Gasteiger charge is 2.36. The molecular weight excluding hydrogens is 814 g/mol. The van der Waals surface area contributed by atoms with Gasteiger partial charge in [0.05, 0.1) is 32.0 Å². The first-order valence-electron chi connectivity index (χ1n) is 22.5. The van der Waals surface area contributed by atoms with Crippen LogP contribution < -0.4 is 0 Å². The summed E-state index contributed by atoms with van der Waals surface area (Å²) in [6.45, 7) is 1.64. The Morgan fingerprint density at radius 3 is 1.68 bits per heavy atom. The molecule has 0 bridgehead atoms. The van der Waals surface area contributed by atoms with Crippen molar-refractivity contribution in [1.29, 1.82) is 0 Å². The lowest BCUT2D eigenvalue weighted by Crippen LogP contribution is -2.30.